The predicted octanol–water partition coefficient (Wildman–Crippen LogP) is 2.30. The second-order valence-electron chi connectivity index (χ2n) is 11.3. The number of nitrogens with two attached hydrogens (primary N) is 1. The first-order valence-corrected chi connectivity index (χ1v) is 13.4. The summed E-state index contributed by atoms with van der Waals surface area (Å²) in [5.74, 6) is 0.0710. The van der Waals surface area contributed by atoms with Crippen molar-refractivity contribution in [2.45, 2.75) is 50.8 Å². The molecule has 2 aromatic carbocycles. The summed E-state index contributed by atoms with van der Waals surface area (Å²) in [6, 6.07) is 16.6. The number of piperidine rings is 1. The molecule has 0 radical (unpaired) electrons. The Morgan fingerprint density at radius 1 is 1.15 bits per heavy atom. The number of likely N-dealkylation sites (N-methyl/N-ethyl adjacent to an activating group) is 1. The lowest BCUT2D eigenvalue weighted by molar-refractivity contribution is -0.147. The SMILES string of the molecule is COc1ccc(COCC(NC(=O)C(C)(C)N)C(=O)N2CCC[C@@]3(C2)C(=O)N(C)CC3c2ccccc2)cc1. The summed E-state index contributed by atoms with van der Waals surface area (Å²) in [6.07, 6.45) is 1.41. The van der Waals surface area contributed by atoms with Gasteiger partial charge in [-0.15, -0.1) is 0 Å². The lowest BCUT2D eigenvalue weighted by atomic mass is 9.69. The first-order valence-electron chi connectivity index (χ1n) is 13.4. The van der Waals surface area contributed by atoms with E-state index in [4.69, 9.17) is 15.2 Å². The van der Waals surface area contributed by atoms with E-state index < -0.39 is 22.9 Å². The Bertz CT molecular complexity index is 1160. The second kappa shape index (κ2) is 11.8. The van der Waals surface area contributed by atoms with Gasteiger partial charge in [-0.1, -0.05) is 42.5 Å². The van der Waals surface area contributed by atoms with Crippen LogP contribution in [0.3, 0.4) is 0 Å². The van der Waals surface area contributed by atoms with E-state index in [2.05, 4.69) is 17.4 Å². The Hall–Kier alpha value is -3.43. The Kier molecular flexibility index (Phi) is 8.61. The predicted molar refractivity (Wildman–Crippen MR) is 148 cm³/mol. The van der Waals surface area contributed by atoms with Gasteiger partial charge in [-0.05, 0) is 49.9 Å². The molecule has 2 fully saturated rings. The monoisotopic (exact) mass is 536 g/mol. The van der Waals surface area contributed by atoms with Gasteiger partial charge < -0.3 is 30.3 Å². The molecule has 2 saturated heterocycles. The number of amides is 3. The topological polar surface area (TPSA) is 114 Å². The van der Waals surface area contributed by atoms with Gasteiger partial charge >= 0.3 is 0 Å². The smallest absolute Gasteiger partial charge is 0.247 e. The number of likely N-dealkylation sites (tertiary alicyclic amines) is 2. The second-order valence-corrected chi connectivity index (χ2v) is 11.3. The van der Waals surface area contributed by atoms with Crippen LogP contribution < -0.4 is 15.8 Å². The van der Waals surface area contributed by atoms with E-state index in [1.807, 2.05) is 49.5 Å². The van der Waals surface area contributed by atoms with Crippen LogP contribution in [0.15, 0.2) is 54.6 Å². The molecule has 0 aliphatic carbocycles. The number of ether oxygens (including phenoxy) is 2. The molecular weight excluding hydrogens is 496 g/mol. The van der Waals surface area contributed by atoms with Crippen LogP contribution in [0.1, 0.15) is 43.7 Å². The minimum absolute atomic E-state index is 0.0193. The van der Waals surface area contributed by atoms with Gasteiger partial charge in [0.15, 0.2) is 0 Å². The quantitative estimate of drug-likeness (QED) is 0.508. The summed E-state index contributed by atoms with van der Waals surface area (Å²) < 4.78 is 11.1. The van der Waals surface area contributed by atoms with Gasteiger partial charge in [0.05, 0.1) is 31.3 Å². The van der Waals surface area contributed by atoms with E-state index in [0.717, 1.165) is 16.9 Å². The Morgan fingerprint density at radius 2 is 1.85 bits per heavy atom. The number of nitrogens with one attached hydrogen (secondary N) is 1. The van der Waals surface area contributed by atoms with Crippen molar-refractivity contribution in [2.75, 3.05) is 40.4 Å². The lowest BCUT2D eigenvalue weighted by Crippen LogP contribution is -2.60. The molecule has 3 N–H and O–H groups in total. The highest BCUT2D eigenvalue weighted by Crippen LogP contribution is 2.49. The fourth-order valence-electron chi connectivity index (χ4n) is 5.66. The van der Waals surface area contributed by atoms with Gasteiger partial charge in [0, 0.05) is 32.6 Å². The first kappa shape index (κ1) is 28.6. The number of methoxy groups -OCH3 is 1. The summed E-state index contributed by atoms with van der Waals surface area (Å²) in [5, 5.41) is 2.80. The van der Waals surface area contributed by atoms with E-state index in [-0.39, 0.29) is 30.9 Å². The summed E-state index contributed by atoms with van der Waals surface area (Å²) >= 11 is 0. The van der Waals surface area contributed by atoms with Crippen molar-refractivity contribution in [2.24, 2.45) is 11.1 Å². The largest absolute Gasteiger partial charge is 0.497 e. The third-order valence-corrected chi connectivity index (χ3v) is 7.83. The average Bonchev–Trinajstić information content (AvgIpc) is 3.17. The number of carbonyl (C=O) groups is 3. The van der Waals surface area contributed by atoms with Gasteiger partial charge in [0.2, 0.25) is 17.7 Å². The Balaban J connectivity index is 1.52. The number of nitrogens with zero attached hydrogens (tertiary/aromatic N) is 2. The molecule has 3 amide bonds. The zero-order chi connectivity index (χ0) is 28.2. The van der Waals surface area contributed by atoms with E-state index in [9.17, 15) is 14.4 Å². The minimum atomic E-state index is -1.17. The third kappa shape index (κ3) is 6.25. The van der Waals surface area contributed by atoms with Gasteiger partial charge in [-0.2, -0.15) is 0 Å². The van der Waals surface area contributed by atoms with Gasteiger partial charge in [0.1, 0.15) is 11.8 Å². The molecule has 3 atom stereocenters. The maximum absolute atomic E-state index is 13.9. The summed E-state index contributed by atoms with van der Waals surface area (Å²) in [7, 11) is 3.43. The van der Waals surface area contributed by atoms with Crippen LogP contribution in [0.2, 0.25) is 0 Å². The van der Waals surface area contributed by atoms with Crippen molar-refractivity contribution in [3.8, 4) is 5.75 Å². The van der Waals surface area contributed by atoms with Crippen LogP contribution in [0, 0.1) is 5.41 Å². The highest BCUT2D eigenvalue weighted by Gasteiger charge is 2.55. The molecule has 0 aromatic heterocycles. The van der Waals surface area contributed by atoms with Gasteiger partial charge in [-0.25, -0.2) is 0 Å². The Labute approximate surface area is 230 Å². The summed E-state index contributed by atoms with van der Waals surface area (Å²) in [6.45, 7) is 4.84. The van der Waals surface area contributed by atoms with Crippen molar-refractivity contribution < 1.29 is 23.9 Å². The van der Waals surface area contributed by atoms with Crippen LogP contribution in [0.5, 0.6) is 5.75 Å². The number of hydrogen-bond acceptors (Lipinski definition) is 6. The Morgan fingerprint density at radius 3 is 2.49 bits per heavy atom. The molecular formula is C30H40N4O5. The zero-order valence-corrected chi connectivity index (χ0v) is 23.3. The third-order valence-electron chi connectivity index (χ3n) is 7.83. The van der Waals surface area contributed by atoms with Gasteiger partial charge in [0.25, 0.3) is 0 Å². The number of hydrogen-bond donors (Lipinski definition) is 2. The lowest BCUT2D eigenvalue weighted by Gasteiger charge is -2.43. The molecule has 2 heterocycles. The summed E-state index contributed by atoms with van der Waals surface area (Å²) in [5.41, 5.74) is 6.17. The van der Waals surface area contributed by atoms with Crippen molar-refractivity contribution >= 4 is 17.7 Å². The van der Waals surface area contributed by atoms with Crippen LogP contribution >= 0.6 is 0 Å². The van der Waals surface area contributed by atoms with Crippen molar-refractivity contribution in [3.05, 3.63) is 65.7 Å². The molecule has 39 heavy (non-hydrogen) atoms. The fraction of sp³-hybridized carbons (Fsp3) is 0.500. The van der Waals surface area contributed by atoms with Crippen LogP contribution in [-0.4, -0.2) is 79.5 Å². The molecule has 2 aliphatic heterocycles. The molecule has 1 spiro atoms. The number of benzene rings is 2. The van der Waals surface area contributed by atoms with Crippen LogP contribution in [-0.2, 0) is 25.7 Å². The molecule has 0 saturated carbocycles. The molecule has 0 bridgehead atoms. The van der Waals surface area contributed by atoms with E-state index >= 15 is 0 Å². The van der Waals surface area contributed by atoms with Crippen LogP contribution in [0.25, 0.3) is 0 Å². The molecule has 210 valence electrons. The molecule has 2 aliphatic rings. The van der Waals surface area contributed by atoms with Crippen molar-refractivity contribution in [1.82, 2.24) is 15.1 Å². The number of carbonyl (C=O) groups excluding carboxylic acids is 3. The molecule has 4 rings (SSSR count). The maximum atomic E-state index is 13.9. The molecule has 2 unspecified atom stereocenters. The van der Waals surface area contributed by atoms with E-state index in [1.54, 1.807) is 30.8 Å². The standard InChI is InChI=1S/C30H40N4O5/c1-29(2,31)27(36)32-25(19-39-18-21-11-13-23(38-4)14-12-21)26(35)34-16-8-15-30(20-34)24(17-33(3)28(30)37)22-9-6-5-7-10-22/h5-7,9-14,24-25H,8,15-20,31H2,1-4H3,(H,32,36)/t24?,25?,30-/m0/s1. The molecule has 2 aromatic rings. The van der Waals surface area contributed by atoms with E-state index in [0.29, 0.717) is 32.5 Å². The first-order chi connectivity index (χ1) is 18.5. The van der Waals surface area contributed by atoms with E-state index in [1.165, 1.54) is 0 Å². The fourth-order valence-corrected chi connectivity index (χ4v) is 5.66. The molecule has 9 nitrogen and oxygen atoms in total. The average molecular weight is 537 g/mol. The van der Waals surface area contributed by atoms with Crippen molar-refractivity contribution in [3.63, 3.8) is 0 Å². The highest BCUT2D eigenvalue weighted by atomic mass is 16.5. The van der Waals surface area contributed by atoms with Gasteiger partial charge in [-0.3, -0.25) is 14.4 Å². The maximum Gasteiger partial charge on any atom is 0.247 e. The van der Waals surface area contributed by atoms with Crippen molar-refractivity contribution in [1.29, 1.82) is 0 Å². The molecule has 9 heteroatoms. The van der Waals surface area contributed by atoms with Crippen LogP contribution in [0.4, 0.5) is 0 Å². The highest BCUT2D eigenvalue weighted by molar-refractivity contribution is 5.92. The number of rotatable bonds is 9. The summed E-state index contributed by atoms with van der Waals surface area (Å²) in [4.78, 5) is 43.8. The minimum Gasteiger partial charge on any atom is -0.497 e. The normalized spacial score (nSPS) is 22.2. The zero-order valence-electron chi connectivity index (χ0n) is 23.3.